The molecule has 2 saturated heterocycles. The second kappa shape index (κ2) is 9.79. The molecule has 1 atom stereocenters. The van der Waals surface area contributed by atoms with Crippen LogP contribution in [0.25, 0.3) is 0 Å². The van der Waals surface area contributed by atoms with E-state index in [1.54, 1.807) is 11.0 Å². The molecule has 2 aromatic carbocycles. The summed E-state index contributed by atoms with van der Waals surface area (Å²) in [4.78, 5) is 41.1. The second-order valence-corrected chi connectivity index (χ2v) is 10.3. The number of carbonyl (C=O) groups is 3. The Morgan fingerprint density at radius 3 is 2.61 bits per heavy atom. The number of hydrogen-bond acceptors (Lipinski definition) is 6. The van der Waals surface area contributed by atoms with Crippen LogP contribution in [-0.4, -0.2) is 83.4 Å². The van der Waals surface area contributed by atoms with Gasteiger partial charge in [0.25, 0.3) is 5.91 Å². The van der Waals surface area contributed by atoms with Crippen molar-refractivity contribution in [2.75, 3.05) is 26.3 Å². The topological polar surface area (TPSA) is 88.2 Å². The molecule has 0 bridgehead atoms. The number of rotatable bonds is 6. The summed E-state index contributed by atoms with van der Waals surface area (Å²) in [5, 5.41) is 1.71. The first-order valence-electron chi connectivity index (χ1n) is 12.6. The normalized spacial score (nSPS) is 20.8. The van der Waals surface area contributed by atoms with E-state index in [0.29, 0.717) is 17.7 Å². The molecule has 2 aromatic rings. The van der Waals surface area contributed by atoms with Gasteiger partial charge < -0.3 is 14.4 Å². The fourth-order valence-corrected chi connectivity index (χ4v) is 5.23. The van der Waals surface area contributed by atoms with Crippen LogP contribution >= 0.6 is 0 Å². The van der Waals surface area contributed by atoms with Crippen molar-refractivity contribution in [2.24, 2.45) is 0 Å². The zero-order valence-corrected chi connectivity index (χ0v) is 21.1. The Kier molecular flexibility index (Phi) is 6.70. The number of nitrogens with zero attached hydrogens (tertiary/aromatic N) is 2. The Morgan fingerprint density at radius 2 is 1.89 bits per heavy atom. The van der Waals surface area contributed by atoms with E-state index in [9.17, 15) is 14.4 Å². The van der Waals surface area contributed by atoms with Gasteiger partial charge in [-0.2, -0.15) is 0 Å². The van der Waals surface area contributed by atoms with Crippen LogP contribution in [-0.2, 0) is 32.8 Å². The number of hydrogen-bond donors (Lipinski definition) is 1. The molecule has 8 nitrogen and oxygen atoms in total. The first-order chi connectivity index (χ1) is 17.2. The largest absolute Gasteiger partial charge is 0.501 e. The fraction of sp³-hybridized carbons (Fsp3) is 0.400. The third kappa shape index (κ3) is 4.82. The molecule has 36 heavy (non-hydrogen) atoms. The summed E-state index contributed by atoms with van der Waals surface area (Å²) in [5.74, 6) is -0.276. The number of nitrogens with one attached hydrogen (secondary N) is 1. The van der Waals surface area contributed by atoms with Gasteiger partial charge in [0.15, 0.2) is 15.7 Å². The predicted molar refractivity (Wildman–Crippen MR) is 143 cm³/mol. The van der Waals surface area contributed by atoms with Crippen molar-refractivity contribution in [2.45, 2.75) is 37.4 Å². The van der Waals surface area contributed by atoms with E-state index in [-0.39, 0.29) is 24.8 Å². The lowest BCUT2D eigenvalue weighted by Crippen LogP contribution is -2.52. The standard InChI is InChI=1S/C25H30B3N3O5/c26-19-12-16(5-4-15(19)13-30-8-10-35-11-9-30)25(27,28)36-21-3-1-2-17-18(21)14-31(24(17)34)20-6-7-22(32)29-23(20)33/h1-5,12,20H,6-11,13-14,26-28H2,(H,29,32,33). The molecule has 0 spiro atoms. The summed E-state index contributed by atoms with van der Waals surface area (Å²) in [7, 11) is 6.18. The Morgan fingerprint density at radius 1 is 1.11 bits per heavy atom. The average Bonchev–Trinajstić information content (AvgIpc) is 3.18. The smallest absolute Gasteiger partial charge is 0.255 e. The third-order valence-electron chi connectivity index (χ3n) is 7.44. The monoisotopic (exact) mass is 485 g/mol. The molecule has 3 heterocycles. The zero-order valence-electron chi connectivity index (χ0n) is 21.1. The number of amides is 3. The van der Waals surface area contributed by atoms with Gasteiger partial charge in [0.05, 0.1) is 25.2 Å². The molecule has 0 aliphatic carbocycles. The first-order valence-corrected chi connectivity index (χ1v) is 12.6. The summed E-state index contributed by atoms with van der Waals surface area (Å²) in [5.41, 5.74) is 4.89. The molecule has 11 heteroatoms. The summed E-state index contributed by atoms with van der Waals surface area (Å²) in [6.45, 7) is 4.64. The molecule has 0 aromatic heterocycles. The van der Waals surface area contributed by atoms with Crippen molar-refractivity contribution < 1.29 is 23.9 Å². The van der Waals surface area contributed by atoms with Gasteiger partial charge >= 0.3 is 0 Å². The molecule has 3 aliphatic rings. The molecule has 3 aliphatic heterocycles. The van der Waals surface area contributed by atoms with E-state index in [4.69, 9.17) is 9.47 Å². The number of imide groups is 1. The Balaban J connectivity index is 1.34. The maximum absolute atomic E-state index is 13.2. The highest BCUT2D eigenvalue weighted by Gasteiger charge is 2.40. The first kappa shape index (κ1) is 24.7. The number of morpholine rings is 1. The van der Waals surface area contributed by atoms with Gasteiger partial charge in [-0.15, -0.1) is 0 Å². The van der Waals surface area contributed by atoms with Crippen molar-refractivity contribution in [3.63, 3.8) is 0 Å². The van der Waals surface area contributed by atoms with Crippen molar-refractivity contribution in [1.29, 1.82) is 0 Å². The quantitative estimate of drug-likeness (QED) is 0.377. The fourth-order valence-electron chi connectivity index (χ4n) is 5.23. The predicted octanol–water partition coefficient (Wildman–Crippen LogP) is -2.01. The Bertz CT molecular complexity index is 1220. The SMILES string of the molecule is Bc1cc(C(B)(B)Oc2cccc3c2CN(C2CCC(=O)NC2=O)C3=O)ccc1CN1CCOCC1. The van der Waals surface area contributed by atoms with Crippen molar-refractivity contribution in [3.05, 3.63) is 58.7 Å². The minimum absolute atomic E-state index is 0.203. The van der Waals surface area contributed by atoms with Gasteiger partial charge in [-0.25, -0.2) is 0 Å². The maximum atomic E-state index is 13.2. The van der Waals surface area contributed by atoms with Crippen LogP contribution in [0.15, 0.2) is 36.4 Å². The minimum Gasteiger partial charge on any atom is -0.501 e. The van der Waals surface area contributed by atoms with Crippen molar-refractivity contribution in [3.8, 4) is 5.75 Å². The highest BCUT2D eigenvalue weighted by atomic mass is 16.5. The molecule has 0 radical (unpaired) electrons. The number of benzene rings is 2. The van der Waals surface area contributed by atoms with Crippen LogP contribution in [0.5, 0.6) is 5.75 Å². The lowest BCUT2D eigenvalue weighted by atomic mass is 9.60. The Labute approximate surface area is 213 Å². The van der Waals surface area contributed by atoms with E-state index in [0.717, 1.165) is 44.0 Å². The van der Waals surface area contributed by atoms with Crippen LogP contribution in [0.3, 0.4) is 0 Å². The summed E-state index contributed by atoms with van der Waals surface area (Å²) >= 11 is 0. The molecule has 0 saturated carbocycles. The number of carbonyl (C=O) groups excluding carboxylic acids is 3. The van der Waals surface area contributed by atoms with Gasteiger partial charge in [0.2, 0.25) is 11.8 Å². The van der Waals surface area contributed by atoms with Crippen LogP contribution in [0.1, 0.15) is 39.9 Å². The van der Waals surface area contributed by atoms with Gasteiger partial charge in [-0.3, -0.25) is 24.6 Å². The summed E-state index contributed by atoms with van der Waals surface area (Å²) in [6, 6.07) is 11.3. The van der Waals surface area contributed by atoms with Crippen LogP contribution in [0.4, 0.5) is 0 Å². The number of fused-ring (bicyclic) bond motifs is 1. The van der Waals surface area contributed by atoms with E-state index in [2.05, 4.69) is 36.3 Å². The van der Waals surface area contributed by atoms with E-state index in [1.165, 1.54) is 11.0 Å². The van der Waals surface area contributed by atoms with Crippen LogP contribution < -0.4 is 15.5 Å². The molecule has 1 N–H and O–H groups in total. The molecule has 3 amide bonds. The molecule has 5 rings (SSSR count). The second-order valence-electron chi connectivity index (χ2n) is 10.3. The molecular formula is C25H30B3N3O5. The van der Waals surface area contributed by atoms with Crippen LogP contribution in [0.2, 0.25) is 0 Å². The van der Waals surface area contributed by atoms with Crippen LogP contribution in [0, 0.1) is 0 Å². The Hall–Kier alpha value is -3.04. The maximum Gasteiger partial charge on any atom is 0.255 e. The molecule has 1 unspecified atom stereocenters. The lowest BCUT2D eigenvalue weighted by Gasteiger charge is -2.31. The number of piperidine rings is 1. The van der Waals surface area contributed by atoms with Crippen molar-refractivity contribution in [1.82, 2.24) is 15.1 Å². The molecular weight excluding hydrogens is 455 g/mol. The van der Waals surface area contributed by atoms with Gasteiger partial charge in [0.1, 0.15) is 19.6 Å². The summed E-state index contributed by atoms with van der Waals surface area (Å²) < 4.78 is 12.0. The zero-order chi connectivity index (χ0) is 25.4. The molecule has 184 valence electrons. The number of ether oxygens (including phenoxy) is 2. The highest BCUT2D eigenvalue weighted by Crippen LogP contribution is 2.36. The molecule has 2 fully saturated rings. The van der Waals surface area contributed by atoms with Gasteiger partial charge in [-0.1, -0.05) is 29.7 Å². The third-order valence-corrected chi connectivity index (χ3v) is 7.44. The lowest BCUT2D eigenvalue weighted by molar-refractivity contribution is -0.136. The van der Waals surface area contributed by atoms with E-state index in [1.807, 2.05) is 27.8 Å². The van der Waals surface area contributed by atoms with Crippen molar-refractivity contribution >= 4 is 46.7 Å². The summed E-state index contributed by atoms with van der Waals surface area (Å²) in [6.07, 6.45) is 0.565. The van der Waals surface area contributed by atoms with E-state index < -0.39 is 17.3 Å². The minimum atomic E-state index is -0.648. The van der Waals surface area contributed by atoms with E-state index >= 15 is 0 Å². The van der Waals surface area contributed by atoms with Gasteiger partial charge in [0, 0.05) is 37.2 Å². The highest BCUT2D eigenvalue weighted by molar-refractivity contribution is 6.39. The van der Waals surface area contributed by atoms with Gasteiger partial charge in [-0.05, 0) is 29.7 Å². The average molecular weight is 485 g/mol.